The van der Waals surface area contributed by atoms with E-state index < -0.39 is 11.7 Å². The van der Waals surface area contributed by atoms with Gasteiger partial charge in [0.2, 0.25) is 0 Å². The van der Waals surface area contributed by atoms with E-state index in [1.165, 1.54) is 0 Å². The van der Waals surface area contributed by atoms with Crippen LogP contribution in [0.15, 0.2) is 12.3 Å². The number of carbonyl (C=O) groups excluding carboxylic acids is 1. The predicted molar refractivity (Wildman–Crippen MR) is 43.8 cm³/mol. The van der Waals surface area contributed by atoms with Crippen LogP contribution in [-0.2, 0) is 0 Å². The molecule has 0 atom stereocenters. The molecule has 0 saturated carbocycles. The van der Waals surface area contributed by atoms with Crippen molar-refractivity contribution in [2.45, 2.75) is 6.43 Å². The van der Waals surface area contributed by atoms with Crippen LogP contribution in [0.5, 0.6) is 0 Å². The second-order valence-electron chi connectivity index (χ2n) is 2.28. The number of hydrogen-bond acceptors (Lipinski definition) is 3. The Kier molecular flexibility index (Phi) is 2.77. The van der Waals surface area contributed by atoms with Crippen molar-refractivity contribution < 1.29 is 13.6 Å². The molecule has 0 aromatic carbocycles. The molecule has 6 heteroatoms. The molecule has 70 valence electrons. The van der Waals surface area contributed by atoms with Gasteiger partial charge in [-0.15, -0.1) is 0 Å². The molecule has 0 spiro atoms. The molecule has 0 amide bonds. The quantitative estimate of drug-likeness (QED) is 0.753. The lowest BCUT2D eigenvalue weighted by molar-refractivity contribution is 0.107. The number of alkyl halides is 2. The van der Waals surface area contributed by atoms with Crippen molar-refractivity contribution in [2.75, 3.05) is 5.73 Å². The Morgan fingerprint density at radius 3 is 2.62 bits per heavy atom. The number of rotatable bonds is 2. The van der Waals surface area contributed by atoms with Gasteiger partial charge in [0.1, 0.15) is 5.69 Å². The van der Waals surface area contributed by atoms with Gasteiger partial charge < -0.3 is 5.73 Å². The third kappa shape index (κ3) is 2.12. The molecule has 0 radical (unpaired) electrons. The van der Waals surface area contributed by atoms with E-state index in [9.17, 15) is 13.6 Å². The molecular formula is C7H5ClF2N2O. The Balaban J connectivity index is 3.13. The lowest BCUT2D eigenvalue weighted by atomic mass is 10.2. The molecule has 1 heterocycles. The van der Waals surface area contributed by atoms with E-state index in [1.54, 1.807) is 0 Å². The summed E-state index contributed by atoms with van der Waals surface area (Å²) in [7, 11) is 0. The summed E-state index contributed by atoms with van der Waals surface area (Å²) in [5, 5.41) is -0.863. The summed E-state index contributed by atoms with van der Waals surface area (Å²) in [4.78, 5) is 14.0. The summed E-state index contributed by atoms with van der Waals surface area (Å²) in [6.07, 6.45) is -1.79. The van der Waals surface area contributed by atoms with Crippen LogP contribution in [0.25, 0.3) is 0 Å². The number of nitrogens with two attached hydrogens (primary N) is 1. The van der Waals surface area contributed by atoms with Crippen molar-refractivity contribution in [1.29, 1.82) is 0 Å². The van der Waals surface area contributed by atoms with Gasteiger partial charge in [0, 0.05) is 11.8 Å². The lowest BCUT2D eigenvalue weighted by Gasteiger charge is -2.02. The van der Waals surface area contributed by atoms with Gasteiger partial charge in [-0.1, -0.05) is 0 Å². The molecule has 1 aromatic rings. The van der Waals surface area contributed by atoms with Gasteiger partial charge in [0.15, 0.2) is 0 Å². The molecule has 0 aliphatic rings. The van der Waals surface area contributed by atoms with Crippen molar-refractivity contribution >= 4 is 22.5 Å². The van der Waals surface area contributed by atoms with Gasteiger partial charge >= 0.3 is 0 Å². The molecule has 2 N–H and O–H groups in total. The normalized spacial score (nSPS) is 10.5. The van der Waals surface area contributed by atoms with Crippen molar-refractivity contribution in [1.82, 2.24) is 4.98 Å². The van der Waals surface area contributed by atoms with Crippen LogP contribution < -0.4 is 5.73 Å². The first-order valence-corrected chi connectivity index (χ1v) is 3.63. The summed E-state index contributed by atoms with van der Waals surface area (Å²) in [6, 6.07) is 0.979. The molecule has 3 nitrogen and oxygen atoms in total. The minimum absolute atomic E-state index is 0.141. The highest BCUT2D eigenvalue weighted by Crippen LogP contribution is 2.21. The number of hydrogen-bond donors (Lipinski definition) is 1. The largest absolute Gasteiger partial charge is 0.397 e. The SMILES string of the molecule is Nc1cc(C(F)F)cnc1C(=O)Cl. The Morgan fingerprint density at radius 1 is 1.62 bits per heavy atom. The van der Waals surface area contributed by atoms with Crippen molar-refractivity contribution in [3.8, 4) is 0 Å². The van der Waals surface area contributed by atoms with Crippen LogP contribution in [0.1, 0.15) is 22.5 Å². The standard InChI is InChI=1S/C7H5ClF2N2O/c8-6(13)5-4(11)1-3(2-12-5)7(9)10/h1-2,7H,11H2. The topological polar surface area (TPSA) is 56.0 Å². The van der Waals surface area contributed by atoms with Gasteiger partial charge in [0.05, 0.1) is 5.69 Å². The van der Waals surface area contributed by atoms with E-state index in [0.717, 1.165) is 12.3 Å². The fraction of sp³-hybridized carbons (Fsp3) is 0.143. The van der Waals surface area contributed by atoms with Crippen LogP contribution in [-0.4, -0.2) is 10.2 Å². The van der Waals surface area contributed by atoms with Crippen LogP contribution in [0.3, 0.4) is 0 Å². The first kappa shape index (κ1) is 9.85. The molecular weight excluding hydrogens is 202 g/mol. The first-order valence-electron chi connectivity index (χ1n) is 3.25. The van der Waals surface area contributed by atoms with E-state index in [1.807, 2.05) is 0 Å². The van der Waals surface area contributed by atoms with Gasteiger partial charge in [0.25, 0.3) is 11.7 Å². The highest BCUT2D eigenvalue weighted by molar-refractivity contribution is 6.68. The second-order valence-corrected chi connectivity index (χ2v) is 2.62. The van der Waals surface area contributed by atoms with E-state index in [4.69, 9.17) is 17.3 Å². The van der Waals surface area contributed by atoms with Crippen LogP contribution in [0, 0.1) is 0 Å². The number of nitrogens with zero attached hydrogens (tertiary/aromatic N) is 1. The Labute approximate surface area is 77.5 Å². The number of anilines is 1. The molecule has 13 heavy (non-hydrogen) atoms. The van der Waals surface area contributed by atoms with Gasteiger partial charge in [-0.3, -0.25) is 4.79 Å². The van der Waals surface area contributed by atoms with Gasteiger partial charge in [-0.25, -0.2) is 13.8 Å². The smallest absolute Gasteiger partial charge is 0.272 e. The summed E-state index contributed by atoms with van der Waals surface area (Å²) in [5.74, 6) is 0. The number of pyridine rings is 1. The molecule has 0 aliphatic heterocycles. The number of aromatic nitrogens is 1. The van der Waals surface area contributed by atoms with Crippen LogP contribution in [0.4, 0.5) is 14.5 Å². The predicted octanol–water partition coefficient (Wildman–Crippen LogP) is 1.98. The summed E-state index contributed by atoms with van der Waals surface area (Å²) < 4.78 is 24.1. The van der Waals surface area contributed by atoms with E-state index in [2.05, 4.69) is 4.98 Å². The fourth-order valence-electron chi connectivity index (χ4n) is 0.782. The summed E-state index contributed by atoms with van der Waals surface area (Å²) >= 11 is 5.07. The van der Waals surface area contributed by atoms with E-state index in [-0.39, 0.29) is 16.9 Å². The Hall–Kier alpha value is -1.23. The zero-order chi connectivity index (χ0) is 10.0. The third-order valence-corrected chi connectivity index (χ3v) is 1.56. The van der Waals surface area contributed by atoms with Gasteiger partial charge in [-0.2, -0.15) is 0 Å². The molecule has 1 aromatic heterocycles. The second kappa shape index (κ2) is 3.66. The van der Waals surface area contributed by atoms with Crippen molar-refractivity contribution in [3.05, 3.63) is 23.5 Å². The van der Waals surface area contributed by atoms with E-state index >= 15 is 0 Å². The zero-order valence-corrected chi connectivity index (χ0v) is 7.05. The Bertz CT molecular complexity index is 343. The summed E-state index contributed by atoms with van der Waals surface area (Å²) in [5.41, 5.74) is 4.58. The highest BCUT2D eigenvalue weighted by Gasteiger charge is 2.13. The molecule has 0 saturated heterocycles. The fourth-order valence-corrected chi connectivity index (χ4v) is 0.940. The van der Waals surface area contributed by atoms with Crippen LogP contribution >= 0.6 is 11.6 Å². The number of carbonyl (C=O) groups is 1. The lowest BCUT2D eigenvalue weighted by Crippen LogP contribution is -2.02. The van der Waals surface area contributed by atoms with Crippen LogP contribution in [0.2, 0.25) is 0 Å². The molecule has 0 fully saturated rings. The van der Waals surface area contributed by atoms with Crippen molar-refractivity contribution in [2.24, 2.45) is 0 Å². The Morgan fingerprint density at radius 2 is 2.23 bits per heavy atom. The average Bonchev–Trinajstić information content (AvgIpc) is 2.03. The number of nitrogen functional groups attached to an aromatic ring is 1. The maximum atomic E-state index is 12.1. The van der Waals surface area contributed by atoms with E-state index in [0.29, 0.717) is 0 Å². The minimum Gasteiger partial charge on any atom is -0.397 e. The minimum atomic E-state index is -2.66. The first-order chi connectivity index (χ1) is 6.02. The molecule has 0 unspecified atom stereocenters. The maximum Gasteiger partial charge on any atom is 0.272 e. The molecule has 1 rings (SSSR count). The molecule has 0 aliphatic carbocycles. The summed E-state index contributed by atoms with van der Waals surface area (Å²) in [6.45, 7) is 0. The molecule has 0 bridgehead atoms. The van der Waals surface area contributed by atoms with Gasteiger partial charge in [-0.05, 0) is 17.7 Å². The monoisotopic (exact) mass is 206 g/mol. The zero-order valence-electron chi connectivity index (χ0n) is 6.30. The highest BCUT2D eigenvalue weighted by atomic mass is 35.5. The third-order valence-electron chi connectivity index (χ3n) is 1.38. The maximum absolute atomic E-state index is 12.1. The number of halogens is 3. The average molecular weight is 207 g/mol. The van der Waals surface area contributed by atoms with Crippen molar-refractivity contribution in [3.63, 3.8) is 0 Å².